The lowest BCUT2D eigenvalue weighted by molar-refractivity contribution is 0.0974. The highest BCUT2D eigenvalue weighted by molar-refractivity contribution is 6.73. The maximum absolute atomic E-state index is 13.0. The summed E-state index contributed by atoms with van der Waals surface area (Å²) < 4.78 is 18.9. The normalized spacial score (nSPS) is 15.6. The quantitative estimate of drug-likeness (QED) is 0.118. The molecule has 2 rings (SSSR count). The van der Waals surface area contributed by atoms with E-state index >= 15 is 0 Å². The van der Waals surface area contributed by atoms with Crippen LogP contribution in [0.25, 0.3) is 0 Å². The van der Waals surface area contributed by atoms with Crippen molar-refractivity contribution in [1.29, 1.82) is 0 Å². The number of ketones is 1. The highest BCUT2D eigenvalue weighted by atomic mass is 28.4. The lowest BCUT2D eigenvalue weighted by Gasteiger charge is -2.32. The molecule has 6 nitrogen and oxygen atoms in total. The van der Waals surface area contributed by atoms with E-state index in [1.807, 2.05) is 6.92 Å². The summed E-state index contributed by atoms with van der Waals surface area (Å²) in [6, 6.07) is 3.27. The molecule has 1 aliphatic rings. The van der Waals surface area contributed by atoms with Crippen molar-refractivity contribution in [3.05, 3.63) is 11.6 Å². The Morgan fingerprint density at radius 2 is 1.56 bits per heavy atom. The predicted molar refractivity (Wildman–Crippen MR) is 142 cm³/mol. The van der Waals surface area contributed by atoms with E-state index in [0.717, 1.165) is 50.5 Å². The molecule has 0 amide bonds. The molecule has 0 bridgehead atoms. The number of carbonyl (C=O) groups is 1. The Balaban J connectivity index is 2.25. The average Bonchev–Trinajstić information content (AvgIpc) is 3.32. The Morgan fingerprint density at radius 3 is 2.15 bits per heavy atom. The first-order valence-corrected chi connectivity index (χ1v) is 16.6. The second kappa shape index (κ2) is 15.7. The van der Waals surface area contributed by atoms with Gasteiger partial charge >= 0.3 is 0 Å². The van der Waals surface area contributed by atoms with Crippen LogP contribution in [0.2, 0.25) is 18.1 Å². The van der Waals surface area contributed by atoms with Gasteiger partial charge in [0.05, 0.1) is 13.2 Å². The van der Waals surface area contributed by atoms with Gasteiger partial charge in [-0.05, 0) is 31.0 Å². The van der Waals surface area contributed by atoms with E-state index in [9.17, 15) is 4.79 Å². The zero-order chi connectivity index (χ0) is 24.8. The number of nitrogens with zero attached hydrogens (tertiary/aromatic N) is 2. The van der Waals surface area contributed by atoms with E-state index in [4.69, 9.17) is 18.6 Å². The minimum absolute atomic E-state index is 0.0682. The molecule has 0 spiro atoms. The van der Waals surface area contributed by atoms with Gasteiger partial charge in [0.1, 0.15) is 6.10 Å². The minimum atomic E-state index is -1.86. The number of anilines is 1. The molecule has 1 saturated heterocycles. The van der Waals surface area contributed by atoms with E-state index in [1.54, 1.807) is 0 Å². The maximum Gasteiger partial charge on any atom is 0.227 e. The van der Waals surface area contributed by atoms with Crippen molar-refractivity contribution >= 4 is 20.0 Å². The first-order chi connectivity index (χ1) is 16.5. The molecular weight excluding hydrogens is 444 g/mol. The van der Waals surface area contributed by atoms with Crippen molar-refractivity contribution < 1.29 is 18.4 Å². The SMILES string of the molecule is CCCCCCCCCC(O[Si](CC)(CC)CC)c1nc(C(=O)CCC)c(N2CCOCC2)o1. The van der Waals surface area contributed by atoms with Gasteiger partial charge in [0.25, 0.3) is 0 Å². The smallest absolute Gasteiger partial charge is 0.227 e. The zero-order valence-electron chi connectivity index (χ0n) is 22.6. The van der Waals surface area contributed by atoms with E-state index in [2.05, 4.69) is 32.6 Å². The summed E-state index contributed by atoms with van der Waals surface area (Å²) in [6.45, 7) is 13.8. The summed E-state index contributed by atoms with van der Waals surface area (Å²) in [4.78, 5) is 19.9. The fourth-order valence-corrected chi connectivity index (χ4v) is 7.62. The number of rotatable bonds is 18. The monoisotopic (exact) mass is 494 g/mol. The van der Waals surface area contributed by atoms with Crippen molar-refractivity contribution in [3.8, 4) is 0 Å². The van der Waals surface area contributed by atoms with Gasteiger partial charge in [-0.1, -0.05) is 79.6 Å². The molecule has 7 heteroatoms. The average molecular weight is 495 g/mol. The van der Waals surface area contributed by atoms with Gasteiger partial charge < -0.3 is 18.5 Å². The van der Waals surface area contributed by atoms with Gasteiger partial charge in [-0.3, -0.25) is 4.79 Å². The molecule has 0 radical (unpaired) electrons. The van der Waals surface area contributed by atoms with Crippen molar-refractivity contribution in [2.24, 2.45) is 0 Å². The number of aromatic nitrogens is 1. The third-order valence-electron chi connectivity index (χ3n) is 7.34. The summed E-state index contributed by atoms with van der Waals surface area (Å²) in [5.41, 5.74) is 0.490. The van der Waals surface area contributed by atoms with E-state index in [-0.39, 0.29) is 11.9 Å². The van der Waals surface area contributed by atoms with Crippen LogP contribution in [-0.4, -0.2) is 45.4 Å². The van der Waals surface area contributed by atoms with Gasteiger partial charge in [-0.15, -0.1) is 0 Å². The lowest BCUT2D eigenvalue weighted by atomic mass is 10.1. The summed E-state index contributed by atoms with van der Waals surface area (Å²) >= 11 is 0. The van der Waals surface area contributed by atoms with Crippen molar-refractivity contribution in [2.45, 2.75) is 123 Å². The van der Waals surface area contributed by atoms with Crippen LogP contribution in [0.4, 0.5) is 5.88 Å². The Bertz CT molecular complexity index is 691. The van der Waals surface area contributed by atoms with Gasteiger partial charge in [-0.25, -0.2) is 4.98 Å². The van der Waals surface area contributed by atoms with Crippen molar-refractivity contribution in [3.63, 3.8) is 0 Å². The molecule has 1 unspecified atom stereocenters. The molecule has 0 aromatic carbocycles. The van der Waals surface area contributed by atoms with E-state index in [1.165, 1.54) is 38.5 Å². The Hall–Kier alpha value is -1.18. The van der Waals surface area contributed by atoms with Gasteiger partial charge in [0, 0.05) is 19.5 Å². The van der Waals surface area contributed by atoms with E-state index in [0.29, 0.717) is 37.1 Å². The zero-order valence-corrected chi connectivity index (χ0v) is 23.6. The van der Waals surface area contributed by atoms with Crippen molar-refractivity contribution in [2.75, 3.05) is 31.2 Å². The number of ether oxygens (including phenoxy) is 1. The van der Waals surface area contributed by atoms with Crippen molar-refractivity contribution in [1.82, 2.24) is 4.98 Å². The highest BCUT2D eigenvalue weighted by Crippen LogP contribution is 2.36. The van der Waals surface area contributed by atoms with Crippen LogP contribution in [0.5, 0.6) is 0 Å². The van der Waals surface area contributed by atoms with Gasteiger partial charge in [0.2, 0.25) is 11.8 Å². The fraction of sp³-hybridized carbons (Fsp3) is 0.852. The maximum atomic E-state index is 13.0. The standard InChI is InChI=1S/C27H50N2O4Si/c1-6-11-12-13-14-15-16-18-24(33-34(8-3,9-4)10-5)26-28-25(23(30)17-7-2)27(32-26)29-19-21-31-22-20-29/h24H,6-22H2,1-5H3. The molecule has 1 atom stereocenters. The van der Waals surface area contributed by atoms with Crippen LogP contribution in [0.3, 0.4) is 0 Å². The molecule has 0 saturated carbocycles. The van der Waals surface area contributed by atoms with Crippen LogP contribution in [0, 0.1) is 0 Å². The Morgan fingerprint density at radius 1 is 0.941 bits per heavy atom. The number of hydrogen-bond acceptors (Lipinski definition) is 6. The second-order valence-electron chi connectivity index (χ2n) is 9.74. The second-order valence-corrected chi connectivity index (χ2v) is 14.5. The topological polar surface area (TPSA) is 64.8 Å². The molecule has 196 valence electrons. The number of unbranched alkanes of at least 4 members (excludes halogenated alkanes) is 6. The molecule has 2 heterocycles. The molecule has 1 fully saturated rings. The third kappa shape index (κ3) is 8.49. The summed E-state index contributed by atoms with van der Waals surface area (Å²) in [7, 11) is -1.86. The van der Waals surface area contributed by atoms with Gasteiger partial charge in [0.15, 0.2) is 19.8 Å². The summed E-state index contributed by atoms with van der Waals surface area (Å²) in [5.74, 6) is 1.31. The summed E-state index contributed by atoms with van der Waals surface area (Å²) in [6.07, 6.45) is 10.9. The largest absolute Gasteiger partial charge is 0.421 e. The summed E-state index contributed by atoms with van der Waals surface area (Å²) in [5, 5.41) is 0. The predicted octanol–water partition coefficient (Wildman–Crippen LogP) is 7.70. The fourth-order valence-electron chi connectivity index (χ4n) is 4.80. The third-order valence-corrected chi connectivity index (χ3v) is 12.0. The first kappa shape index (κ1) is 29.0. The molecule has 1 aromatic heterocycles. The van der Waals surface area contributed by atoms with Gasteiger partial charge in [-0.2, -0.15) is 0 Å². The Kier molecular flexibility index (Phi) is 13.4. The number of morpholine rings is 1. The molecule has 1 aliphatic heterocycles. The van der Waals surface area contributed by atoms with Crippen LogP contribution in [0.15, 0.2) is 4.42 Å². The number of carbonyl (C=O) groups excluding carboxylic acids is 1. The molecule has 1 aromatic rings. The molecule has 0 N–H and O–H groups in total. The van der Waals surface area contributed by atoms with Crippen LogP contribution >= 0.6 is 0 Å². The molecule has 34 heavy (non-hydrogen) atoms. The van der Waals surface area contributed by atoms with Crippen LogP contribution in [-0.2, 0) is 9.16 Å². The number of oxazole rings is 1. The first-order valence-electron chi connectivity index (χ1n) is 14.1. The minimum Gasteiger partial charge on any atom is -0.421 e. The molecular formula is C27H50N2O4Si. The Labute approximate surface area is 209 Å². The van der Waals surface area contributed by atoms with E-state index < -0.39 is 8.32 Å². The molecule has 0 aliphatic carbocycles. The number of Topliss-reactive ketones (excluding diaryl/α,β-unsaturated/α-hetero) is 1. The van der Waals surface area contributed by atoms with Crippen LogP contribution < -0.4 is 4.90 Å². The number of hydrogen-bond donors (Lipinski definition) is 0. The highest BCUT2D eigenvalue weighted by Gasteiger charge is 2.36. The lowest BCUT2D eigenvalue weighted by Crippen LogP contribution is -2.37. The van der Waals surface area contributed by atoms with Crippen LogP contribution in [0.1, 0.15) is 121 Å².